The van der Waals surface area contributed by atoms with Gasteiger partial charge in [-0.25, -0.2) is 8.42 Å². The van der Waals surface area contributed by atoms with Crippen molar-refractivity contribution < 1.29 is 18.0 Å². The standard InChI is InChI=1S/C31H38BrN3O4S/c1-3-4-21-33-31(37)29(23-25-12-7-5-8-13-25)34(24-26-17-19-27(32)20-18-26)30(36)16-11-22-35(40(2,38)39)28-14-9-6-10-15-28/h5-10,12-15,17-20,29H,3-4,11,16,21-24H2,1-2H3,(H,33,37)/t29-/m0/s1. The first-order chi connectivity index (χ1) is 19.2. The van der Waals surface area contributed by atoms with Crippen LogP contribution in [0.5, 0.6) is 0 Å². The molecule has 1 atom stereocenters. The number of hydrogen-bond donors (Lipinski definition) is 1. The molecule has 0 aromatic heterocycles. The van der Waals surface area contributed by atoms with Crippen LogP contribution in [0.1, 0.15) is 43.7 Å². The molecule has 0 heterocycles. The zero-order valence-electron chi connectivity index (χ0n) is 23.1. The molecular weight excluding hydrogens is 590 g/mol. The normalized spacial score (nSPS) is 12.0. The van der Waals surface area contributed by atoms with Crippen molar-refractivity contribution in [2.24, 2.45) is 0 Å². The second-order valence-electron chi connectivity index (χ2n) is 9.77. The maximum atomic E-state index is 13.8. The molecule has 0 spiro atoms. The van der Waals surface area contributed by atoms with Crippen molar-refractivity contribution in [3.8, 4) is 0 Å². The van der Waals surface area contributed by atoms with E-state index in [1.54, 1.807) is 29.2 Å². The van der Waals surface area contributed by atoms with Crippen LogP contribution in [0, 0.1) is 0 Å². The Balaban J connectivity index is 1.85. The number of unbranched alkanes of at least 4 members (excludes halogenated alkanes) is 1. The number of hydrogen-bond acceptors (Lipinski definition) is 4. The number of rotatable bonds is 15. The molecule has 0 radical (unpaired) electrons. The maximum Gasteiger partial charge on any atom is 0.243 e. The molecule has 0 bridgehead atoms. The van der Waals surface area contributed by atoms with Gasteiger partial charge in [-0.05, 0) is 48.2 Å². The van der Waals surface area contributed by atoms with Gasteiger partial charge in [-0.2, -0.15) is 0 Å². The molecule has 9 heteroatoms. The van der Waals surface area contributed by atoms with Crippen LogP contribution in [0.2, 0.25) is 0 Å². The summed E-state index contributed by atoms with van der Waals surface area (Å²) < 4.78 is 27.3. The number of para-hydroxylation sites is 1. The first-order valence-corrected chi connectivity index (χ1v) is 16.2. The number of carbonyl (C=O) groups excluding carboxylic acids is 2. The van der Waals surface area contributed by atoms with Crippen molar-refractivity contribution >= 4 is 43.5 Å². The predicted molar refractivity (Wildman–Crippen MR) is 164 cm³/mol. The van der Waals surface area contributed by atoms with Gasteiger partial charge in [0.2, 0.25) is 21.8 Å². The van der Waals surface area contributed by atoms with Gasteiger partial charge in [0.1, 0.15) is 6.04 Å². The molecule has 0 unspecified atom stereocenters. The molecular formula is C31H38BrN3O4S. The molecule has 0 saturated heterocycles. The average molecular weight is 629 g/mol. The lowest BCUT2D eigenvalue weighted by Gasteiger charge is -2.32. The largest absolute Gasteiger partial charge is 0.354 e. The van der Waals surface area contributed by atoms with Gasteiger partial charge in [0.05, 0.1) is 11.9 Å². The van der Waals surface area contributed by atoms with Gasteiger partial charge in [0.15, 0.2) is 0 Å². The molecule has 2 amide bonds. The van der Waals surface area contributed by atoms with Gasteiger partial charge in [0, 0.05) is 36.9 Å². The van der Waals surface area contributed by atoms with Crippen LogP contribution in [0.3, 0.4) is 0 Å². The molecule has 214 valence electrons. The van der Waals surface area contributed by atoms with Gasteiger partial charge in [0.25, 0.3) is 0 Å². The molecule has 3 aromatic carbocycles. The number of anilines is 1. The van der Waals surface area contributed by atoms with E-state index in [9.17, 15) is 18.0 Å². The van der Waals surface area contributed by atoms with Gasteiger partial charge >= 0.3 is 0 Å². The molecule has 3 rings (SSSR count). The van der Waals surface area contributed by atoms with E-state index in [-0.39, 0.29) is 31.3 Å². The Labute approximate surface area is 246 Å². The fourth-order valence-electron chi connectivity index (χ4n) is 4.44. The SMILES string of the molecule is CCCCNC(=O)[C@H](Cc1ccccc1)N(Cc1ccc(Br)cc1)C(=O)CCCN(c1ccccc1)S(C)(=O)=O. The Hall–Kier alpha value is -3.17. The molecule has 0 fully saturated rings. The molecule has 0 saturated carbocycles. The minimum Gasteiger partial charge on any atom is -0.354 e. The number of carbonyl (C=O) groups is 2. The van der Waals surface area contributed by atoms with Crippen LogP contribution in [0.25, 0.3) is 0 Å². The quantitative estimate of drug-likeness (QED) is 0.224. The first-order valence-electron chi connectivity index (χ1n) is 13.6. The van der Waals surface area contributed by atoms with E-state index in [2.05, 4.69) is 28.2 Å². The molecule has 0 aliphatic heterocycles. The zero-order valence-corrected chi connectivity index (χ0v) is 25.5. The van der Waals surface area contributed by atoms with Crippen molar-refractivity contribution in [1.82, 2.24) is 10.2 Å². The van der Waals surface area contributed by atoms with Gasteiger partial charge in [-0.1, -0.05) is 89.9 Å². The van der Waals surface area contributed by atoms with Crippen LogP contribution in [-0.2, 0) is 32.6 Å². The number of amides is 2. The van der Waals surface area contributed by atoms with Crippen molar-refractivity contribution in [1.29, 1.82) is 0 Å². The molecule has 7 nitrogen and oxygen atoms in total. The van der Waals surface area contributed by atoms with Crippen LogP contribution in [-0.4, -0.2) is 50.5 Å². The summed E-state index contributed by atoms with van der Waals surface area (Å²) in [6.07, 6.45) is 3.75. The lowest BCUT2D eigenvalue weighted by atomic mass is 10.0. The highest BCUT2D eigenvalue weighted by atomic mass is 79.9. The summed E-state index contributed by atoms with van der Waals surface area (Å²) in [5.41, 5.74) is 2.42. The van der Waals surface area contributed by atoms with Gasteiger partial charge in [-0.3, -0.25) is 13.9 Å². The van der Waals surface area contributed by atoms with E-state index in [1.165, 1.54) is 4.31 Å². The number of nitrogens with one attached hydrogen (secondary N) is 1. The molecule has 0 aliphatic rings. The lowest BCUT2D eigenvalue weighted by molar-refractivity contribution is -0.141. The third-order valence-corrected chi connectivity index (χ3v) is 8.29. The minimum atomic E-state index is -3.53. The summed E-state index contributed by atoms with van der Waals surface area (Å²) in [5.74, 6) is -0.388. The van der Waals surface area contributed by atoms with Crippen LogP contribution in [0.15, 0.2) is 89.4 Å². The second kappa shape index (κ2) is 15.6. The lowest BCUT2D eigenvalue weighted by Crippen LogP contribution is -2.50. The van der Waals surface area contributed by atoms with Gasteiger partial charge in [-0.15, -0.1) is 0 Å². The van der Waals surface area contributed by atoms with E-state index in [1.807, 2.05) is 60.7 Å². The van der Waals surface area contributed by atoms with E-state index in [0.29, 0.717) is 25.1 Å². The fourth-order valence-corrected chi connectivity index (χ4v) is 5.67. The van der Waals surface area contributed by atoms with Crippen LogP contribution in [0.4, 0.5) is 5.69 Å². The first kappa shape index (κ1) is 31.4. The summed E-state index contributed by atoms with van der Waals surface area (Å²) in [6, 6.07) is 25.5. The Morgan fingerprint density at radius 2 is 1.50 bits per heavy atom. The van der Waals surface area contributed by atoms with E-state index in [0.717, 1.165) is 34.7 Å². The number of benzene rings is 3. The minimum absolute atomic E-state index is 0.100. The van der Waals surface area contributed by atoms with E-state index >= 15 is 0 Å². The van der Waals surface area contributed by atoms with Crippen molar-refractivity contribution in [3.63, 3.8) is 0 Å². The smallest absolute Gasteiger partial charge is 0.243 e. The monoisotopic (exact) mass is 627 g/mol. The topological polar surface area (TPSA) is 86.8 Å². The maximum absolute atomic E-state index is 13.8. The summed E-state index contributed by atoms with van der Waals surface area (Å²) in [4.78, 5) is 29.0. The van der Waals surface area contributed by atoms with Crippen molar-refractivity contribution in [2.45, 2.75) is 51.6 Å². The summed E-state index contributed by atoms with van der Waals surface area (Å²) in [6.45, 7) is 3.03. The number of nitrogens with zero attached hydrogens (tertiary/aromatic N) is 2. The number of sulfonamides is 1. The summed E-state index contributed by atoms with van der Waals surface area (Å²) in [7, 11) is -3.53. The van der Waals surface area contributed by atoms with Crippen LogP contribution < -0.4 is 9.62 Å². The summed E-state index contributed by atoms with van der Waals surface area (Å²) >= 11 is 3.46. The molecule has 1 N–H and O–H groups in total. The Kier molecular flexibility index (Phi) is 12.2. The highest BCUT2D eigenvalue weighted by Crippen LogP contribution is 2.20. The van der Waals surface area contributed by atoms with E-state index in [4.69, 9.17) is 0 Å². The van der Waals surface area contributed by atoms with Crippen molar-refractivity contribution in [2.75, 3.05) is 23.7 Å². The average Bonchev–Trinajstić information content (AvgIpc) is 2.94. The van der Waals surface area contributed by atoms with Crippen molar-refractivity contribution in [3.05, 3.63) is 101 Å². The van der Waals surface area contributed by atoms with Crippen LogP contribution >= 0.6 is 15.9 Å². The third-order valence-electron chi connectivity index (χ3n) is 6.56. The highest BCUT2D eigenvalue weighted by molar-refractivity contribution is 9.10. The Bertz CT molecular complexity index is 1320. The van der Waals surface area contributed by atoms with Gasteiger partial charge < -0.3 is 10.2 Å². The molecule has 40 heavy (non-hydrogen) atoms. The third kappa shape index (κ3) is 9.78. The summed E-state index contributed by atoms with van der Waals surface area (Å²) in [5, 5.41) is 3.02. The fraction of sp³-hybridized carbons (Fsp3) is 0.355. The molecule has 0 aliphatic carbocycles. The predicted octanol–water partition coefficient (Wildman–Crippen LogP) is 5.55. The second-order valence-corrected chi connectivity index (χ2v) is 12.6. The zero-order chi connectivity index (χ0) is 29.0. The molecule has 3 aromatic rings. The number of halogens is 1. The highest BCUT2D eigenvalue weighted by Gasteiger charge is 2.30. The Morgan fingerprint density at radius 1 is 0.875 bits per heavy atom. The van der Waals surface area contributed by atoms with E-state index < -0.39 is 16.1 Å². The Morgan fingerprint density at radius 3 is 2.10 bits per heavy atom.